The molecule has 0 fully saturated rings. The Morgan fingerprint density at radius 1 is 1.00 bits per heavy atom. The Hall–Kier alpha value is -0.720. The van der Waals surface area contributed by atoms with Gasteiger partial charge in [0.1, 0.15) is 15.8 Å². The number of anilines is 3. The molecule has 0 amide bonds. The summed E-state index contributed by atoms with van der Waals surface area (Å²) in [5.74, 6) is -0.575. The Labute approximate surface area is 285 Å². The first-order valence-electron chi connectivity index (χ1n) is 9.62. The quantitative estimate of drug-likeness (QED) is 0.0276. The third-order valence-corrected chi connectivity index (χ3v) is 7.53. The van der Waals surface area contributed by atoms with Crippen LogP contribution in [0.1, 0.15) is 0 Å². The molecule has 0 saturated carbocycles. The molecular formula is C17H13Cl2N7Na2O9S3. The van der Waals surface area contributed by atoms with Gasteiger partial charge < -0.3 is 20.9 Å². The van der Waals surface area contributed by atoms with E-state index in [9.17, 15) is 26.6 Å². The van der Waals surface area contributed by atoms with Crippen LogP contribution in [-0.2, 0) is 33.5 Å². The maximum absolute atomic E-state index is 12.4. The number of nitrogen functional groups attached to an aromatic ring is 1. The number of rotatable bonds is 12. The van der Waals surface area contributed by atoms with Crippen LogP contribution in [0.2, 0.25) is 10.6 Å². The van der Waals surface area contributed by atoms with Crippen LogP contribution >= 0.6 is 35.5 Å². The second-order valence-corrected chi connectivity index (χ2v) is 11.4. The number of nitrogens with one attached hydrogen (secondary N) is 1. The van der Waals surface area contributed by atoms with Gasteiger partial charge in [-0.3, -0.25) is 9.22 Å². The van der Waals surface area contributed by atoms with Gasteiger partial charge in [0.2, 0.25) is 16.5 Å². The second kappa shape index (κ2) is 16.8. The molecule has 0 aliphatic rings. The summed E-state index contributed by atoms with van der Waals surface area (Å²) >= 11 is 11.7. The van der Waals surface area contributed by atoms with Gasteiger partial charge in [0.25, 0.3) is 0 Å². The Kier molecular flexibility index (Phi) is 15.7. The molecule has 0 atom stereocenters. The Balaban J connectivity index is 0.00000400. The van der Waals surface area contributed by atoms with Crippen molar-refractivity contribution in [2.75, 3.05) is 23.4 Å². The third kappa shape index (κ3) is 11.2. The van der Waals surface area contributed by atoms with Crippen molar-refractivity contribution in [3.8, 4) is 0 Å². The minimum Gasteiger partial charge on any atom is -0.744 e. The van der Waals surface area contributed by atoms with E-state index in [1.54, 1.807) is 0 Å². The fourth-order valence-electron chi connectivity index (χ4n) is 2.65. The first-order chi connectivity index (χ1) is 17.9. The van der Waals surface area contributed by atoms with Gasteiger partial charge in [0.05, 0.1) is 39.2 Å². The van der Waals surface area contributed by atoms with Gasteiger partial charge in [-0.1, -0.05) is 0 Å². The summed E-state index contributed by atoms with van der Waals surface area (Å²) < 4.78 is 68.1. The van der Waals surface area contributed by atoms with Crippen LogP contribution in [0.25, 0.3) is 0 Å². The minimum absolute atomic E-state index is 0. The van der Waals surface area contributed by atoms with Crippen LogP contribution in [0.3, 0.4) is 0 Å². The normalized spacial score (nSPS) is 11.6. The zero-order valence-corrected chi connectivity index (χ0v) is 28.3. The summed E-state index contributed by atoms with van der Waals surface area (Å²) in [6.07, 6.45) is 0. The summed E-state index contributed by atoms with van der Waals surface area (Å²) in [5, 5.41) is 22.8. The molecule has 3 N–H and O–H groups in total. The average Bonchev–Trinajstić information content (AvgIpc) is 2.82. The summed E-state index contributed by atoms with van der Waals surface area (Å²) in [6, 6.07) is 7.11. The van der Waals surface area contributed by atoms with E-state index in [0.717, 1.165) is 12.1 Å². The molecule has 23 heteroatoms. The van der Waals surface area contributed by atoms with E-state index < -0.39 is 36.3 Å². The zero-order chi connectivity index (χ0) is 27.9. The van der Waals surface area contributed by atoms with Gasteiger partial charge in [-0.2, -0.15) is 20.1 Å². The van der Waals surface area contributed by atoms with Gasteiger partial charge in [-0.05, 0) is 59.6 Å². The van der Waals surface area contributed by atoms with Gasteiger partial charge in [0, 0.05) is 0 Å². The van der Waals surface area contributed by atoms with E-state index in [4.69, 9.17) is 33.1 Å². The molecule has 204 valence electrons. The first kappa shape index (κ1) is 37.3. The predicted molar refractivity (Wildman–Crippen MR) is 130 cm³/mol. The number of benzene rings is 2. The van der Waals surface area contributed by atoms with E-state index >= 15 is 0 Å². The summed E-state index contributed by atoms with van der Waals surface area (Å²) in [5.41, 5.74) is 5.35. The number of sulfone groups is 1. The number of aromatic nitrogens is 3. The minimum atomic E-state index is -4.97. The van der Waals surface area contributed by atoms with Gasteiger partial charge >= 0.3 is 59.1 Å². The Morgan fingerprint density at radius 3 is 2.20 bits per heavy atom. The Bertz CT molecular complexity index is 1530. The van der Waals surface area contributed by atoms with Crippen LogP contribution in [0.15, 0.2) is 56.4 Å². The van der Waals surface area contributed by atoms with Crippen molar-refractivity contribution in [2.24, 2.45) is 10.2 Å². The van der Waals surface area contributed by atoms with Crippen molar-refractivity contribution in [3.05, 3.63) is 47.0 Å². The summed E-state index contributed by atoms with van der Waals surface area (Å²) in [6.45, 7) is -0.298. The molecule has 40 heavy (non-hydrogen) atoms. The maximum Gasteiger partial charge on any atom is 1.00 e. The fourth-order valence-corrected chi connectivity index (χ4v) is 5.02. The number of nitrogens with two attached hydrogens (primary N) is 1. The number of hydrogen-bond acceptors (Lipinski definition) is 17. The van der Waals surface area contributed by atoms with E-state index in [1.807, 2.05) is 0 Å². The van der Waals surface area contributed by atoms with Crippen molar-refractivity contribution in [3.63, 3.8) is 0 Å². The smallest absolute Gasteiger partial charge is 0.744 e. The van der Waals surface area contributed by atoms with Crippen molar-refractivity contribution < 1.29 is 99.3 Å². The molecule has 0 radical (unpaired) electrons. The molecule has 0 unspecified atom stereocenters. The van der Waals surface area contributed by atoms with Gasteiger partial charge in [-0.15, -0.1) is 9.45 Å². The molecule has 3 rings (SSSR count). The third-order valence-electron chi connectivity index (χ3n) is 4.23. The zero-order valence-electron chi connectivity index (χ0n) is 20.3. The van der Waals surface area contributed by atoms with Crippen molar-refractivity contribution >= 4 is 84.2 Å². The molecule has 16 nitrogen and oxygen atoms in total. The van der Waals surface area contributed by atoms with E-state index in [1.165, 1.54) is 24.3 Å². The van der Waals surface area contributed by atoms with E-state index in [2.05, 4.69) is 39.9 Å². The molecule has 0 bridgehead atoms. The molecule has 3 aromatic rings. The molecular weight excluding hydrogens is 659 g/mol. The Morgan fingerprint density at radius 2 is 1.62 bits per heavy atom. The summed E-state index contributed by atoms with van der Waals surface area (Å²) in [4.78, 5) is 10.4. The van der Waals surface area contributed by atoms with E-state index in [-0.39, 0.29) is 117 Å². The molecule has 0 aliphatic heterocycles. The first-order valence-corrected chi connectivity index (χ1v) is 14.1. The van der Waals surface area contributed by atoms with Crippen LogP contribution in [0.4, 0.5) is 28.7 Å². The van der Waals surface area contributed by atoms with Crippen molar-refractivity contribution in [1.29, 1.82) is 0 Å². The van der Waals surface area contributed by atoms with Crippen LogP contribution < -0.4 is 75.4 Å². The fraction of sp³-hybridized carbons (Fsp3) is 0.118. The van der Waals surface area contributed by atoms with Gasteiger partial charge in [-0.25, -0.2) is 16.8 Å². The number of hydrogen-bond donors (Lipinski definition) is 2. The van der Waals surface area contributed by atoms with E-state index in [0.29, 0.717) is 0 Å². The number of halogens is 2. The molecule has 0 saturated heterocycles. The standard InChI is InChI=1S/C17H15Cl2N7O9S3.2Na/c18-15-22-16(19)24-17(23-15)21-12-7-11(20)14(38(30,31)32)8-13(12)26-25-9-1-3-10(4-2-9)37(28,29)6-5-33-36-35-34-27;;/h1-4,7-8,27H,5-6,20H2,(H,30,31,32)(H,21,22,23,24);;/q;2*+1/p-2. The second-order valence-electron chi connectivity index (χ2n) is 6.72. The van der Waals surface area contributed by atoms with Crippen LogP contribution in [0, 0.1) is 0 Å². The molecule has 2 aromatic carbocycles. The number of nitrogens with zero attached hydrogens (tertiary/aromatic N) is 5. The van der Waals surface area contributed by atoms with Crippen molar-refractivity contribution in [1.82, 2.24) is 15.0 Å². The molecule has 0 spiro atoms. The topological polar surface area (TPSA) is 244 Å². The van der Waals surface area contributed by atoms with Gasteiger partial charge in [0.15, 0.2) is 22.2 Å². The van der Waals surface area contributed by atoms with Crippen molar-refractivity contribution in [2.45, 2.75) is 9.79 Å². The maximum atomic E-state index is 12.4. The predicted octanol–water partition coefficient (Wildman–Crippen LogP) is -3.59. The monoisotopic (exact) mass is 671 g/mol. The SMILES string of the molecule is Nc1cc(Nc2nc(Cl)nc(Cl)n2)c(N=Nc2ccc(S(=O)(=O)CCOSOO[O-])cc2)cc1S(=O)(=O)[O-].[Na+].[Na+]. The summed E-state index contributed by atoms with van der Waals surface area (Å²) in [7, 11) is -8.73. The average molecular weight is 672 g/mol. The van der Waals surface area contributed by atoms with Crippen LogP contribution in [-0.4, -0.2) is 48.7 Å². The molecule has 1 aromatic heterocycles. The molecule has 0 aliphatic carbocycles. The number of azo groups is 1. The van der Waals surface area contributed by atoms with Crippen LogP contribution in [0.5, 0.6) is 0 Å². The largest absolute Gasteiger partial charge is 1.00 e. The molecule has 1 heterocycles.